The normalized spacial score (nSPS) is 10.2. The van der Waals surface area contributed by atoms with Gasteiger partial charge in [0.05, 0.1) is 5.02 Å². The van der Waals surface area contributed by atoms with E-state index in [4.69, 9.17) is 17.3 Å². The van der Waals surface area contributed by atoms with E-state index in [9.17, 15) is 4.79 Å². The fraction of sp³-hybridized carbons (Fsp3) is 0.0714. The Hall–Kier alpha value is -1.52. The molecule has 2 aromatic rings. The average Bonchev–Trinajstić information content (AvgIpc) is 2.40. The lowest BCUT2D eigenvalue weighted by Crippen LogP contribution is -2.23. The number of anilines is 1. The number of nitrogens with two attached hydrogens (primary N) is 1. The lowest BCUT2D eigenvalue weighted by molar-refractivity contribution is 0.0951. The molecule has 0 aliphatic heterocycles. The molecule has 0 saturated heterocycles. The maximum absolute atomic E-state index is 12.0. The molecule has 1 amide bonds. The second-order valence-corrected chi connectivity index (χ2v) is 5.27. The van der Waals surface area contributed by atoms with Crippen LogP contribution in [0.25, 0.3) is 0 Å². The van der Waals surface area contributed by atoms with E-state index in [1.165, 1.54) is 0 Å². The summed E-state index contributed by atoms with van der Waals surface area (Å²) in [7, 11) is 0. The van der Waals surface area contributed by atoms with Crippen LogP contribution in [0.4, 0.5) is 5.69 Å². The number of halogens is 2. The van der Waals surface area contributed by atoms with Gasteiger partial charge in [-0.05, 0) is 45.8 Å². The van der Waals surface area contributed by atoms with Crippen molar-refractivity contribution in [2.45, 2.75) is 6.54 Å². The van der Waals surface area contributed by atoms with Crippen LogP contribution in [0, 0.1) is 0 Å². The van der Waals surface area contributed by atoms with Crippen molar-refractivity contribution in [3.63, 3.8) is 0 Å². The Labute approximate surface area is 124 Å². The van der Waals surface area contributed by atoms with E-state index in [2.05, 4.69) is 21.2 Å². The zero-order valence-electron chi connectivity index (χ0n) is 9.99. The van der Waals surface area contributed by atoms with E-state index >= 15 is 0 Å². The van der Waals surface area contributed by atoms with E-state index in [0.717, 1.165) is 5.56 Å². The Morgan fingerprint density at radius 1 is 1.26 bits per heavy atom. The number of carbonyl (C=O) groups is 1. The number of benzene rings is 2. The highest BCUT2D eigenvalue weighted by molar-refractivity contribution is 9.10. The molecule has 0 heterocycles. The van der Waals surface area contributed by atoms with Gasteiger partial charge in [0.25, 0.3) is 5.91 Å². The minimum absolute atomic E-state index is 0.166. The molecule has 98 valence electrons. The molecule has 0 aliphatic rings. The van der Waals surface area contributed by atoms with Gasteiger partial charge in [-0.3, -0.25) is 4.79 Å². The number of carbonyl (C=O) groups excluding carboxylic acids is 1. The summed E-state index contributed by atoms with van der Waals surface area (Å²) < 4.78 is 0.695. The fourth-order valence-electron chi connectivity index (χ4n) is 1.61. The summed E-state index contributed by atoms with van der Waals surface area (Å²) in [5.41, 5.74) is 7.92. The predicted octanol–water partition coefficient (Wildman–Crippen LogP) is 3.61. The van der Waals surface area contributed by atoms with E-state index in [1.807, 2.05) is 18.2 Å². The number of nitrogens with one attached hydrogen (secondary N) is 1. The van der Waals surface area contributed by atoms with Crippen molar-refractivity contribution in [3.05, 3.63) is 63.1 Å². The highest BCUT2D eigenvalue weighted by Crippen LogP contribution is 2.23. The Balaban J connectivity index is 2.05. The molecule has 2 aromatic carbocycles. The summed E-state index contributed by atoms with van der Waals surface area (Å²) in [6.45, 7) is 0.395. The summed E-state index contributed by atoms with van der Waals surface area (Å²) in [4.78, 5) is 12.0. The van der Waals surface area contributed by atoms with Crippen molar-refractivity contribution >= 4 is 39.1 Å². The van der Waals surface area contributed by atoms with Crippen LogP contribution in [0.5, 0.6) is 0 Å². The van der Waals surface area contributed by atoms with Gasteiger partial charge in [-0.2, -0.15) is 0 Å². The van der Waals surface area contributed by atoms with Crippen LogP contribution in [-0.2, 0) is 6.54 Å². The van der Waals surface area contributed by atoms with E-state index in [0.29, 0.717) is 27.3 Å². The van der Waals surface area contributed by atoms with Gasteiger partial charge in [0, 0.05) is 22.3 Å². The van der Waals surface area contributed by atoms with Crippen LogP contribution < -0.4 is 11.1 Å². The summed E-state index contributed by atoms with van der Waals surface area (Å²) in [6.07, 6.45) is 0. The standard InChI is InChI=1S/C14H12BrClN2O/c15-11-7-9(5-6-12(11)16)14(19)18-8-10-3-1-2-4-13(10)17/h1-7H,8,17H2,(H,18,19). The molecule has 0 bridgehead atoms. The monoisotopic (exact) mass is 338 g/mol. The largest absolute Gasteiger partial charge is 0.398 e. The van der Waals surface area contributed by atoms with E-state index < -0.39 is 0 Å². The zero-order valence-corrected chi connectivity index (χ0v) is 12.3. The molecule has 0 spiro atoms. The summed E-state index contributed by atoms with van der Waals surface area (Å²) in [5.74, 6) is -0.166. The Morgan fingerprint density at radius 2 is 2.00 bits per heavy atom. The molecule has 0 radical (unpaired) electrons. The number of para-hydroxylation sites is 1. The lowest BCUT2D eigenvalue weighted by atomic mass is 10.1. The van der Waals surface area contributed by atoms with Crippen molar-refractivity contribution in [1.82, 2.24) is 5.32 Å². The molecule has 5 heteroatoms. The Kier molecular flexibility index (Phi) is 4.45. The smallest absolute Gasteiger partial charge is 0.251 e. The van der Waals surface area contributed by atoms with Crippen molar-refractivity contribution < 1.29 is 4.79 Å². The maximum Gasteiger partial charge on any atom is 0.251 e. The third-order valence-electron chi connectivity index (χ3n) is 2.68. The zero-order chi connectivity index (χ0) is 13.8. The molecule has 2 rings (SSSR count). The number of nitrogen functional groups attached to an aromatic ring is 1. The highest BCUT2D eigenvalue weighted by atomic mass is 79.9. The molecule has 3 N–H and O–H groups in total. The highest BCUT2D eigenvalue weighted by Gasteiger charge is 2.08. The molecule has 0 aliphatic carbocycles. The van der Waals surface area contributed by atoms with Gasteiger partial charge in [0.2, 0.25) is 0 Å². The molecule has 3 nitrogen and oxygen atoms in total. The predicted molar refractivity (Wildman–Crippen MR) is 81.2 cm³/mol. The van der Waals surface area contributed by atoms with Gasteiger partial charge in [-0.25, -0.2) is 0 Å². The first-order chi connectivity index (χ1) is 9.08. The second-order valence-electron chi connectivity index (χ2n) is 4.01. The van der Waals surface area contributed by atoms with Crippen LogP contribution in [0.2, 0.25) is 5.02 Å². The summed E-state index contributed by atoms with van der Waals surface area (Å²) in [5, 5.41) is 3.39. The lowest BCUT2D eigenvalue weighted by Gasteiger charge is -2.08. The van der Waals surface area contributed by atoms with Crippen molar-refractivity contribution in [2.75, 3.05) is 5.73 Å². The number of rotatable bonds is 3. The topological polar surface area (TPSA) is 55.1 Å². The SMILES string of the molecule is Nc1ccccc1CNC(=O)c1ccc(Cl)c(Br)c1. The van der Waals surface area contributed by atoms with Crippen LogP contribution in [0.15, 0.2) is 46.9 Å². The van der Waals surface area contributed by atoms with Crippen LogP contribution in [0.1, 0.15) is 15.9 Å². The fourth-order valence-corrected chi connectivity index (χ4v) is 2.11. The molecular formula is C14H12BrClN2O. The van der Waals surface area contributed by atoms with Crippen molar-refractivity contribution in [1.29, 1.82) is 0 Å². The molecule has 19 heavy (non-hydrogen) atoms. The summed E-state index contributed by atoms with van der Waals surface area (Å²) >= 11 is 9.17. The minimum Gasteiger partial charge on any atom is -0.398 e. The molecule has 0 unspecified atom stereocenters. The van der Waals surface area contributed by atoms with Crippen LogP contribution >= 0.6 is 27.5 Å². The third-order valence-corrected chi connectivity index (χ3v) is 3.89. The number of amides is 1. The third kappa shape index (κ3) is 3.49. The van der Waals surface area contributed by atoms with Crippen molar-refractivity contribution in [3.8, 4) is 0 Å². The van der Waals surface area contributed by atoms with Gasteiger partial charge in [0.15, 0.2) is 0 Å². The number of hydrogen-bond acceptors (Lipinski definition) is 2. The first kappa shape index (κ1) is 13.9. The number of hydrogen-bond donors (Lipinski definition) is 2. The van der Waals surface area contributed by atoms with Crippen molar-refractivity contribution in [2.24, 2.45) is 0 Å². The molecule has 0 atom stereocenters. The minimum atomic E-state index is -0.166. The Morgan fingerprint density at radius 3 is 2.68 bits per heavy atom. The molecular weight excluding hydrogens is 328 g/mol. The first-order valence-electron chi connectivity index (χ1n) is 5.64. The van der Waals surface area contributed by atoms with Gasteiger partial charge in [0.1, 0.15) is 0 Å². The first-order valence-corrected chi connectivity index (χ1v) is 6.81. The average molecular weight is 340 g/mol. The second kappa shape index (κ2) is 6.08. The van der Waals surface area contributed by atoms with Crippen LogP contribution in [-0.4, -0.2) is 5.91 Å². The molecule has 0 saturated carbocycles. The van der Waals surface area contributed by atoms with Gasteiger partial charge >= 0.3 is 0 Å². The molecule has 0 aromatic heterocycles. The quantitative estimate of drug-likeness (QED) is 0.839. The van der Waals surface area contributed by atoms with Gasteiger partial charge in [-0.15, -0.1) is 0 Å². The Bertz CT molecular complexity index is 616. The van der Waals surface area contributed by atoms with E-state index in [-0.39, 0.29) is 5.91 Å². The summed E-state index contributed by atoms with van der Waals surface area (Å²) in [6, 6.07) is 12.5. The molecule has 0 fully saturated rings. The maximum atomic E-state index is 12.0. The van der Waals surface area contributed by atoms with Gasteiger partial charge in [-0.1, -0.05) is 29.8 Å². The van der Waals surface area contributed by atoms with E-state index in [1.54, 1.807) is 24.3 Å². The van der Waals surface area contributed by atoms with Gasteiger partial charge < -0.3 is 11.1 Å². The van der Waals surface area contributed by atoms with Crippen LogP contribution in [0.3, 0.4) is 0 Å².